The predicted octanol–water partition coefficient (Wildman–Crippen LogP) is 2.62. The standard InChI is InChI=1S/C21H25N7O2/c1-3-10-28-18(20(29)23-2)11-17(27-28)15-5-7-16(8-6-15)26-21(30)25-13-14-4-9-19(22)24-12-14/h4-9,11-12H,3,10,13H2,1-2H3,(H2,22,24)(H,23,29)(H2,25,26,30). The minimum atomic E-state index is -0.325. The number of nitrogen functional groups attached to an aromatic ring is 1. The van der Waals surface area contributed by atoms with Gasteiger partial charge < -0.3 is 21.7 Å². The summed E-state index contributed by atoms with van der Waals surface area (Å²) in [5, 5.41) is 12.7. The van der Waals surface area contributed by atoms with Gasteiger partial charge >= 0.3 is 6.03 Å². The Morgan fingerprint density at radius 2 is 1.90 bits per heavy atom. The zero-order valence-corrected chi connectivity index (χ0v) is 17.0. The van der Waals surface area contributed by atoms with Gasteiger partial charge in [0.15, 0.2) is 0 Å². The molecule has 2 aromatic heterocycles. The van der Waals surface area contributed by atoms with Gasteiger partial charge in [-0.15, -0.1) is 0 Å². The zero-order valence-electron chi connectivity index (χ0n) is 17.0. The first kappa shape index (κ1) is 20.8. The van der Waals surface area contributed by atoms with E-state index in [1.807, 2.05) is 25.1 Å². The van der Waals surface area contributed by atoms with Crippen LogP contribution in [-0.4, -0.2) is 33.8 Å². The molecule has 0 aliphatic carbocycles. The molecule has 0 saturated carbocycles. The fourth-order valence-corrected chi connectivity index (χ4v) is 2.87. The Bertz CT molecular complexity index is 1010. The van der Waals surface area contributed by atoms with Crippen molar-refractivity contribution in [1.82, 2.24) is 25.4 Å². The molecule has 0 unspecified atom stereocenters. The summed E-state index contributed by atoms with van der Waals surface area (Å²) in [7, 11) is 1.60. The first-order chi connectivity index (χ1) is 14.5. The van der Waals surface area contributed by atoms with Crippen LogP contribution in [0.4, 0.5) is 16.3 Å². The minimum Gasteiger partial charge on any atom is -0.384 e. The van der Waals surface area contributed by atoms with Crippen LogP contribution in [0.5, 0.6) is 0 Å². The molecule has 9 nitrogen and oxygen atoms in total. The number of nitrogens with zero attached hydrogens (tertiary/aromatic N) is 3. The first-order valence-electron chi connectivity index (χ1n) is 9.65. The summed E-state index contributed by atoms with van der Waals surface area (Å²) in [6, 6.07) is 12.2. The van der Waals surface area contributed by atoms with E-state index in [1.54, 1.807) is 42.2 Å². The molecule has 3 aromatic rings. The topological polar surface area (TPSA) is 127 Å². The largest absolute Gasteiger partial charge is 0.384 e. The van der Waals surface area contributed by atoms with E-state index in [2.05, 4.69) is 26.0 Å². The molecule has 0 saturated heterocycles. The van der Waals surface area contributed by atoms with Crippen LogP contribution in [0.2, 0.25) is 0 Å². The number of benzene rings is 1. The van der Waals surface area contributed by atoms with Gasteiger partial charge in [0.2, 0.25) is 0 Å². The van der Waals surface area contributed by atoms with E-state index < -0.39 is 0 Å². The molecule has 0 bridgehead atoms. The Morgan fingerprint density at radius 1 is 1.13 bits per heavy atom. The highest BCUT2D eigenvalue weighted by molar-refractivity contribution is 5.93. The van der Waals surface area contributed by atoms with Gasteiger partial charge in [-0.2, -0.15) is 5.10 Å². The average molecular weight is 407 g/mol. The SMILES string of the molecule is CCCn1nc(-c2ccc(NC(=O)NCc3ccc(N)nc3)cc2)cc1C(=O)NC. The number of aryl methyl sites for hydroxylation is 1. The van der Waals surface area contributed by atoms with Crippen molar-refractivity contribution >= 4 is 23.4 Å². The van der Waals surface area contributed by atoms with Crippen molar-refractivity contribution in [2.24, 2.45) is 0 Å². The molecule has 0 aliphatic heterocycles. The maximum atomic E-state index is 12.1. The maximum absolute atomic E-state index is 12.1. The smallest absolute Gasteiger partial charge is 0.319 e. The number of amides is 3. The molecule has 5 N–H and O–H groups in total. The lowest BCUT2D eigenvalue weighted by atomic mass is 10.1. The van der Waals surface area contributed by atoms with Crippen LogP contribution in [0.3, 0.4) is 0 Å². The second-order valence-electron chi connectivity index (χ2n) is 6.69. The van der Waals surface area contributed by atoms with Crippen LogP contribution in [0.25, 0.3) is 11.3 Å². The van der Waals surface area contributed by atoms with Crippen LogP contribution in [0.15, 0.2) is 48.7 Å². The molecule has 2 heterocycles. The third-order valence-electron chi connectivity index (χ3n) is 4.41. The molecule has 30 heavy (non-hydrogen) atoms. The number of nitrogens with two attached hydrogens (primary N) is 1. The normalized spacial score (nSPS) is 10.5. The molecule has 0 radical (unpaired) electrons. The lowest BCUT2D eigenvalue weighted by Gasteiger charge is -2.08. The van der Waals surface area contributed by atoms with Crippen LogP contribution >= 0.6 is 0 Å². The highest BCUT2D eigenvalue weighted by atomic mass is 16.2. The van der Waals surface area contributed by atoms with Gasteiger partial charge in [0, 0.05) is 37.6 Å². The number of urea groups is 1. The average Bonchev–Trinajstić information content (AvgIpc) is 3.17. The molecule has 9 heteroatoms. The van der Waals surface area contributed by atoms with Crippen LogP contribution < -0.4 is 21.7 Å². The van der Waals surface area contributed by atoms with Gasteiger partial charge in [0.25, 0.3) is 5.91 Å². The number of hydrogen-bond donors (Lipinski definition) is 4. The summed E-state index contributed by atoms with van der Waals surface area (Å²) in [4.78, 5) is 28.2. The van der Waals surface area contributed by atoms with Gasteiger partial charge in [-0.3, -0.25) is 9.48 Å². The highest BCUT2D eigenvalue weighted by Gasteiger charge is 2.15. The first-order valence-corrected chi connectivity index (χ1v) is 9.65. The van der Waals surface area contributed by atoms with Crippen LogP contribution in [-0.2, 0) is 13.1 Å². The molecular weight excluding hydrogens is 382 g/mol. The minimum absolute atomic E-state index is 0.173. The Hall–Kier alpha value is -3.88. The van der Waals surface area contributed by atoms with E-state index in [1.165, 1.54) is 0 Å². The van der Waals surface area contributed by atoms with E-state index in [0.717, 1.165) is 17.5 Å². The maximum Gasteiger partial charge on any atom is 0.319 e. The number of anilines is 2. The molecule has 0 spiro atoms. The van der Waals surface area contributed by atoms with Crippen molar-refractivity contribution in [1.29, 1.82) is 0 Å². The fraction of sp³-hybridized carbons (Fsp3) is 0.238. The number of carbonyl (C=O) groups excluding carboxylic acids is 2. The lowest BCUT2D eigenvalue weighted by molar-refractivity contribution is 0.0952. The third-order valence-corrected chi connectivity index (χ3v) is 4.41. The van der Waals surface area contributed by atoms with E-state index in [-0.39, 0.29) is 11.9 Å². The van der Waals surface area contributed by atoms with Crippen molar-refractivity contribution in [2.75, 3.05) is 18.1 Å². The lowest BCUT2D eigenvalue weighted by Crippen LogP contribution is -2.28. The van der Waals surface area contributed by atoms with Gasteiger partial charge in [-0.25, -0.2) is 9.78 Å². The second kappa shape index (κ2) is 9.55. The molecule has 3 rings (SSSR count). The molecule has 1 aromatic carbocycles. The van der Waals surface area contributed by atoms with Crippen molar-refractivity contribution in [3.05, 3.63) is 59.9 Å². The van der Waals surface area contributed by atoms with E-state index >= 15 is 0 Å². The summed E-state index contributed by atoms with van der Waals surface area (Å²) in [5.74, 6) is 0.263. The molecule has 0 atom stereocenters. The zero-order chi connectivity index (χ0) is 21.5. The summed E-state index contributed by atoms with van der Waals surface area (Å²) < 4.78 is 1.71. The monoisotopic (exact) mass is 407 g/mol. The number of carbonyl (C=O) groups is 2. The van der Waals surface area contributed by atoms with Gasteiger partial charge in [0.05, 0.1) is 5.69 Å². The third kappa shape index (κ3) is 5.13. The van der Waals surface area contributed by atoms with Gasteiger partial charge in [-0.05, 0) is 36.2 Å². The van der Waals surface area contributed by atoms with Crippen LogP contribution in [0.1, 0.15) is 29.4 Å². The van der Waals surface area contributed by atoms with Gasteiger partial charge in [0.1, 0.15) is 11.5 Å². The number of nitrogens with one attached hydrogen (secondary N) is 3. The van der Waals surface area contributed by atoms with Crippen molar-refractivity contribution in [3.8, 4) is 11.3 Å². The van der Waals surface area contributed by atoms with Crippen molar-refractivity contribution < 1.29 is 9.59 Å². The Morgan fingerprint density at radius 3 is 2.53 bits per heavy atom. The van der Waals surface area contributed by atoms with Crippen LogP contribution in [0, 0.1) is 0 Å². The Kier molecular flexibility index (Phi) is 6.63. The number of pyridine rings is 1. The van der Waals surface area contributed by atoms with E-state index in [9.17, 15) is 9.59 Å². The highest BCUT2D eigenvalue weighted by Crippen LogP contribution is 2.22. The van der Waals surface area contributed by atoms with Crippen molar-refractivity contribution in [2.45, 2.75) is 26.4 Å². The van der Waals surface area contributed by atoms with Crippen molar-refractivity contribution in [3.63, 3.8) is 0 Å². The number of hydrogen-bond acceptors (Lipinski definition) is 5. The number of aromatic nitrogens is 3. The predicted molar refractivity (Wildman–Crippen MR) is 116 cm³/mol. The molecule has 156 valence electrons. The quantitative estimate of drug-likeness (QED) is 0.479. The molecular formula is C21H25N7O2. The summed E-state index contributed by atoms with van der Waals surface area (Å²) in [6.45, 7) is 3.03. The number of rotatable bonds is 7. The second-order valence-corrected chi connectivity index (χ2v) is 6.69. The van der Waals surface area contributed by atoms with Gasteiger partial charge in [-0.1, -0.05) is 25.1 Å². The summed E-state index contributed by atoms with van der Waals surface area (Å²) in [6.07, 6.45) is 2.49. The van der Waals surface area contributed by atoms with E-state index in [0.29, 0.717) is 36.0 Å². The fourth-order valence-electron chi connectivity index (χ4n) is 2.87. The Balaban J connectivity index is 1.63. The molecule has 0 fully saturated rings. The summed E-state index contributed by atoms with van der Waals surface area (Å²) >= 11 is 0. The summed E-state index contributed by atoms with van der Waals surface area (Å²) in [5.41, 5.74) is 9.12. The molecule has 3 amide bonds. The Labute approximate surface area is 174 Å². The van der Waals surface area contributed by atoms with E-state index in [4.69, 9.17) is 5.73 Å². The molecule has 0 aliphatic rings.